The molecule has 0 saturated heterocycles. The van der Waals surface area contributed by atoms with E-state index in [1.807, 2.05) is 12.1 Å². The third-order valence-corrected chi connectivity index (χ3v) is 2.91. The van der Waals surface area contributed by atoms with Crippen LogP contribution < -0.4 is 4.74 Å². The van der Waals surface area contributed by atoms with E-state index in [9.17, 15) is 4.79 Å². The molecular weight excluding hydrogens is 230 g/mol. The van der Waals surface area contributed by atoms with E-state index in [-0.39, 0.29) is 12.1 Å². The van der Waals surface area contributed by atoms with Crippen molar-refractivity contribution in [3.63, 3.8) is 0 Å². The fourth-order valence-corrected chi connectivity index (χ4v) is 1.85. The molecular formula is C14H13NO3. The number of nitrogens with zero attached hydrogens (tertiary/aromatic N) is 1. The summed E-state index contributed by atoms with van der Waals surface area (Å²) in [5, 5.41) is 0.885. The second-order valence-corrected chi connectivity index (χ2v) is 4.36. The number of carbonyl (C=O) groups is 1. The fraction of sp³-hybridized carbons (Fsp3) is 0.286. The average Bonchev–Trinajstić information content (AvgIpc) is 3.21. The van der Waals surface area contributed by atoms with Gasteiger partial charge in [-0.25, -0.2) is 4.79 Å². The van der Waals surface area contributed by atoms with E-state index in [1.54, 1.807) is 18.3 Å². The van der Waals surface area contributed by atoms with Crippen LogP contribution in [0.3, 0.4) is 0 Å². The van der Waals surface area contributed by atoms with E-state index in [2.05, 4.69) is 4.98 Å². The van der Waals surface area contributed by atoms with Crippen molar-refractivity contribution in [1.82, 2.24) is 4.98 Å². The topological polar surface area (TPSA) is 48.4 Å². The maximum absolute atomic E-state index is 11.6. The predicted molar refractivity (Wildman–Crippen MR) is 66.7 cm³/mol. The first-order valence-corrected chi connectivity index (χ1v) is 5.91. The molecule has 1 saturated carbocycles. The highest BCUT2D eigenvalue weighted by Gasteiger charge is 2.25. The molecule has 18 heavy (non-hydrogen) atoms. The molecule has 0 bridgehead atoms. The summed E-state index contributed by atoms with van der Waals surface area (Å²) in [4.78, 5) is 15.9. The molecule has 1 aromatic carbocycles. The number of hydrogen-bond donors (Lipinski definition) is 0. The summed E-state index contributed by atoms with van der Waals surface area (Å²) in [7, 11) is 1.37. The lowest BCUT2D eigenvalue weighted by atomic mass is 10.1. The Hall–Kier alpha value is -2.10. The molecule has 3 rings (SSSR count). The first-order chi connectivity index (χ1) is 8.78. The lowest BCUT2D eigenvalue weighted by Crippen LogP contribution is -2.04. The Labute approximate surface area is 105 Å². The number of ether oxygens (including phenoxy) is 2. The third-order valence-electron chi connectivity index (χ3n) is 2.91. The van der Waals surface area contributed by atoms with Crippen LogP contribution in [0.1, 0.15) is 23.2 Å². The van der Waals surface area contributed by atoms with Crippen LogP contribution in [0.25, 0.3) is 10.9 Å². The lowest BCUT2D eigenvalue weighted by molar-refractivity contribution is 0.0600. The molecule has 0 spiro atoms. The number of fused-ring (bicyclic) bond motifs is 1. The van der Waals surface area contributed by atoms with E-state index < -0.39 is 0 Å². The van der Waals surface area contributed by atoms with Crippen LogP contribution >= 0.6 is 0 Å². The summed E-state index contributed by atoms with van der Waals surface area (Å²) in [6, 6.07) is 7.23. The summed E-state index contributed by atoms with van der Waals surface area (Å²) in [6.45, 7) is 0. The van der Waals surface area contributed by atoms with Crippen molar-refractivity contribution in [3.8, 4) is 5.75 Å². The van der Waals surface area contributed by atoms with Gasteiger partial charge in [0.2, 0.25) is 0 Å². The number of aromatic nitrogens is 1. The quantitative estimate of drug-likeness (QED) is 0.777. The standard InChI is InChI=1S/C14H13NO3/c1-17-14(16)10-7-9-3-2-6-15-13(9)12(8-10)18-11-4-5-11/h2-3,6-8,11H,4-5H2,1H3. The summed E-state index contributed by atoms with van der Waals surface area (Å²) >= 11 is 0. The number of benzene rings is 1. The molecule has 1 fully saturated rings. The van der Waals surface area contributed by atoms with Crippen molar-refractivity contribution in [2.75, 3.05) is 7.11 Å². The van der Waals surface area contributed by atoms with E-state index in [4.69, 9.17) is 9.47 Å². The summed E-state index contributed by atoms with van der Waals surface area (Å²) < 4.78 is 10.5. The van der Waals surface area contributed by atoms with Crippen LogP contribution in [0, 0.1) is 0 Å². The van der Waals surface area contributed by atoms with Gasteiger partial charge in [-0.15, -0.1) is 0 Å². The number of methoxy groups -OCH3 is 1. The Balaban J connectivity index is 2.12. The van der Waals surface area contributed by atoms with Gasteiger partial charge in [-0.2, -0.15) is 0 Å². The number of rotatable bonds is 3. The first-order valence-electron chi connectivity index (χ1n) is 5.91. The highest BCUT2D eigenvalue weighted by atomic mass is 16.5. The lowest BCUT2D eigenvalue weighted by Gasteiger charge is -2.09. The SMILES string of the molecule is COC(=O)c1cc(OC2CC2)c2ncccc2c1. The molecule has 1 aliphatic rings. The van der Waals surface area contributed by atoms with Crippen molar-refractivity contribution in [3.05, 3.63) is 36.0 Å². The molecule has 0 radical (unpaired) electrons. The Kier molecular flexibility index (Phi) is 2.63. The van der Waals surface area contributed by atoms with Gasteiger partial charge in [-0.3, -0.25) is 4.98 Å². The molecule has 0 atom stereocenters. The molecule has 1 aromatic heterocycles. The zero-order valence-electron chi connectivity index (χ0n) is 10.1. The van der Waals surface area contributed by atoms with Crippen molar-refractivity contribution in [2.45, 2.75) is 18.9 Å². The smallest absolute Gasteiger partial charge is 0.338 e. The van der Waals surface area contributed by atoms with Crippen LogP contribution in [0.5, 0.6) is 5.75 Å². The zero-order chi connectivity index (χ0) is 12.5. The highest BCUT2D eigenvalue weighted by molar-refractivity contribution is 5.96. The van der Waals surface area contributed by atoms with Gasteiger partial charge in [0, 0.05) is 11.6 Å². The van der Waals surface area contributed by atoms with Gasteiger partial charge in [-0.05, 0) is 31.0 Å². The van der Waals surface area contributed by atoms with E-state index >= 15 is 0 Å². The van der Waals surface area contributed by atoms with Gasteiger partial charge in [0.1, 0.15) is 11.3 Å². The van der Waals surface area contributed by atoms with E-state index in [1.165, 1.54) is 7.11 Å². The molecule has 1 heterocycles. The monoisotopic (exact) mass is 243 g/mol. The number of esters is 1. The molecule has 2 aromatic rings. The average molecular weight is 243 g/mol. The number of hydrogen-bond acceptors (Lipinski definition) is 4. The van der Waals surface area contributed by atoms with Gasteiger partial charge >= 0.3 is 5.97 Å². The minimum Gasteiger partial charge on any atom is -0.488 e. The zero-order valence-corrected chi connectivity index (χ0v) is 10.1. The normalized spacial score (nSPS) is 14.5. The molecule has 0 amide bonds. The van der Waals surface area contributed by atoms with Gasteiger partial charge in [-0.1, -0.05) is 6.07 Å². The van der Waals surface area contributed by atoms with Crippen LogP contribution in [0.4, 0.5) is 0 Å². The van der Waals surface area contributed by atoms with Gasteiger partial charge in [0.05, 0.1) is 18.8 Å². The van der Waals surface area contributed by atoms with Crippen LogP contribution in [0.15, 0.2) is 30.5 Å². The third kappa shape index (κ3) is 2.01. The van der Waals surface area contributed by atoms with Gasteiger partial charge < -0.3 is 9.47 Å². The summed E-state index contributed by atoms with van der Waals surface area (Å²) in [5.74, 6) is 0.303. The van der Waals surface area contributed by atoms with Crippen molar-refractivity contribution >= 4 is 16.9 Å². The Morgan fingerprint density at radius 2 is 2.22 bits per heavy atom. The molecule has 0 unspecified atom stereocenters. The fourth-order valence-electron chi connectivity index (χ4n) is 1.85. The van der Waals surface area contributed by atoms with Crippen molar-refractivity contribution < 1.29 is 14.3 Å². The Morgan fingerprint density at radius 3 is 2.94 bits per heavy atom. The molecule has 4 heteroatoms. The summed E-state index contributed by atoms with van der Waals surface area (Å²) in [6.07, 6.45) is 4.12. The van der Waals surface area contributed by atoms with Crippen LogP contribution in [-0.2, 0) is 4.74 Å². The largest absolute Gasteiger partial charge is 0.488 e. The van der Waals surface area contributed by atoms with E-state index in [0.717, 1.165) is 23.7 Å². The van der Waals surface area contributed by atoms with Crippen molar-refractivity contribution in [1.29, 1.82) is 0 Å². The molecule has 92 valence electrons. The van der Waals surface area contributed by atoms with Gasteiger partial charge in [0.25, 0.3) is 0 Å². The van der Waals surface area contributed by atoms with E-state index in [0.29, 0.717) is 11.3 Å². The maximum atomic E-state index is 11.6. The van der Waals surface area contributed by atoms with Crippen LogP contribution in [0.2, 0.25) is 0 Å². The van der Waals surface area contributed by atoms with Gasteiger partial charge in [0.15, 0.2) is 0 Å². The number of pyridine rings is 1. The molecule has 1 aliphatic carbocycles. The highest BCUT2D eigenvalue weighted by Crippen LogP contribution is 2.32. The second kappa shape index (κ2) is 4.29. The second-order valence-electron chi connectivity index (χ2n) is 4.36. The summed E-state index contributed by atoms with van der Waals surface area (Å²) in [5.41, 5.74) is 1.28. The predicted octanol–water partition coefficient (Wildman–Crippen LogP) is 2.56. The maximum Gasteiger partial charge on any atom is 0.338 e. The first kappa shape index (κ1) is 11.0. The molecule has 0 N–H and O–H groups in total. The minimum absolute atomic E-state index is 0.267. The minimum atomic E-state index is -0.360. The number of carbonyl (C=O) groups excluding carboxylic acids is 1. The Bertz CT molecular complexity index is 605. The van der Waals surface area contributed by atoms with Crippen LogP contribution in [-0.4, -0.2) is 24.2 Å². The molecule has 4 nitrogen and oxygen atoms in total. The Morgan fingerprint density at radius 1 is 1.39 bits per heavy atom. The van der Waals surface area contributed by atoms with Crippen molar-refractivity contribution in [2.24, 2.45) is 0 Å². The molecule has 0 aliphatic heterocycles.